The van der Waals surface area contributed by atoms with Crippen molar-refractivity contribution in [3.8, 4) is 5.75 Å². The summed E-state index contributed by atoms with van der Waals surface area (Å²) in [6, 6.07) is 13.7. The molecule has 3 N–H and O–H groups in total. The molecule has 0 unspecified atom stereocenters. The quantitative estimate of drug-likeness (QED) is 0.310. The lowest BCUT2D eigenvalue weighted by Crippen LogP contribution is -2.33. The lowest BCUT2D eigenvalue weighted by molar-refractivity contribution is 0.0697. The first-order valence-electron chi connectivity index (χ1n) is 11.8. The number of benzene rings is 2. The number of aromatic amines is 2. The van der Waals surface area contributed by atoms with E-state index >= 15 is 0 Å². The van der Waals surface area contributed by atoms with Crippen LogP contribution in [0.25, 0.3) is 21.8 Å². The topological polar surface area (TPSA) is 81.3 Å². The van der Waals surface area contributed by atoms with E-state index in [1.165, 1.54) is 29.5 Å². The molecule has 0 amide bonds. The van der Waals surface area contributed by atoms with E-state index in [9.17, 15) is 9.90 Å². The summed E-state index contributed by atoms with van der Waals surface area (Å²) < 4.78 is 5.31. The molecule has 0 aliphatic carbocycles. The molecule has 5 rings (SSSR count). The average Bonchev–Trinajstić information content (AvgIpc) is 3.45. The molecule has 1 saturated heterocycles. The van der Waals surface area contributed by atoms with Crippen LogP contribution in [0, 0.1) is 0 Å². The number of likely N-dealkylation sites (tertiary alicyclic amines) is 1. The zero-order valence-electron chi connectivity index (χ0n) is 19.1. The van der Waals surface area contributed by atoms with Gasteiger partial charge in [0.1, 0.15) is 5.75 Å². The van der Waals surface area contributed by atoms with Crippen molar-refractivity contribution in [3.63, 3.8) is 0 Å². The number of fused-ring (bicyclic) bond motifs is 2. The fourth-order valence-electron chi connectivity index (χ4n) is 5.13. The Morgan fingerprint density at radius 1 is 1.09 bits per heavy atom. The number of unbranched alkanes of at least 4 members (excludes halogenated alkanes) is 1. The standard InChI is InChI=1S/C27H31N3O3/c1-33-22-6-7-23-20(17-28-26(23)16-22)4-2-3-11-30-12-9-18(10-13-30)25-15-21-14-19(27(31)32)5-8-24(21)29-25/h5-8,14-18,28-29H,2-4,9-13H2,1H3,(H,31,32). The van der Waals surface area contributed by atoms with Gasteiger partial charge in [0.05, 0.1) is 12.7 Å². The highest BCUT2D eigenvalue weighted by Gasteiger charge is 2.22. The molecule has 6 nitrogen and oxygen atoms in total. The molecular formula is C27H31N3O3. The van der Waals surface area contributed by atoms with Crippen molar-refractivity contribution in [2.24, 2.45) is 0 Å². The summed E-state index contributed by atoms with van der Waals surface area (Å²) in [6.45, 7) is 3.39. The zero-order valence-corrected chi connectivity index (χ0v) is 19.1. The number of aryl methyl sites for hydroxylation is 1. The molecule has 0 saturated carbocycles. The number of piperidine rings is 1. The van der Waals surface area contributed by atoms with Crippen LogP contribution in [-0.2, 0) is 6.42 Å². The average molecular weight is 446 g/mol. The molecule has 1 fully saturated rings. The molecule has 172 valence electrons. The van der Waals surface area contributed by atoms with E-state index in [4.69, 9.17) is 4.74 Å². The normalized spacial score (nSPS) is 15.4. The number of rotatable bonds is 8. The van der Waals surface area contributed by atoms with Crippen molar-refractivity contribution in [2.45, 2.75) is 38.0 Å². The molecular weight excluding hydrogens is 414 g/mol. The van der Waals surface area contributed by atoms with Gasteiger partial charge in [0.25, 0.3) is 0 Å². The van der Waals surface area contributed by atoms with Crippen LogP contribution in [0.4, 0.5) is 0 Å². The SMILES string of the molecule is COc1ccc2c(CCCCN3CCC(c4cc5cc(C(=O)O)ccc5[nH]4)CC3)c[nH]c2c1. The molecule has 33 heavy (non-hydrogen) atoms. The summed E-state index contributed by atoms with van der Waals surface area (Å²) in [5, 5.41) is 11.5. The van der Waals surface area contributed by atoms with Crippen LogP contribution in [0.1, 0.15) is 53.2 Å². The van der Waals surface area contributed by atoms with Crippen LogP contribution < -0.4 is 4.74 Å². The van der Waals surface area contributed by atoms with Crippen LogP contribution in [0.5, 0.6) is 5.75 Å². The Kier molecular flexibility index (Phi) is 6.09. The summed E-state index contributed by atoms with van der Waals surface area (Å²) in [5.41, 5.74) is 5.13. The number of ether oxygens (including phenoxy) is 1. The van der Waals surface area contributed by atoms with Crippen molar-refractivity contribution >= 4 is 27.8 Å². The monoisotopic (exact) mass is 445 g/mol. The van der Waals surface area contributed by atoms with E-state index in [-0.39, 0.29) is 0 Å². The summed E-state index contributed by atoms with van der Waals surface area (Å²) in [7, 11) is 1.70. The van der Waals surface area contributed by atoms with Gasteiger partial charge in [-0.15, -0.1) is 0 Å². The van der Waals surface area contributed by atoms with Crippen LogP contribution in [0.15, 0.2) is 48.7 Å². The molecule has 0 bridgehead atoms. The zero-order chi connectivity index (χ0) is 22.8. The molecule has 1 aliphatic rings. The van der Waals surface area contributed by atoms with Crippen molar-refractivity contribution in [3.05, 3.63) is 65.5 Å². The van der Waals surface area contributed by atoms with Gasteiger partial charge in [-0.25, -0.2) is 4.79 Å². The predicted octanol–water partition coefficient (Wildman–Crippen LogP) is 5.56. The molecule has 0 atom stereocenters. The summed E-state index contributed by atoms with van der Waals surface area (Å²) in [5.74, 6) is 0.528. The Labute approximate surface area is 193 Å². The smallest absolute Gasteiger partial charge is 0.335 e. The van der Waals surface area contributed by atoms with Crippen molar-refractivity contribution in [1.29, 1.82) is 0 Å². The third kappa shape index (κ3) is 4.62. The van der Waals surface area contributed by atoms with Crippen molar-refractivity contribution < 1.29 is 14.6 Å². The number of H-pyrrole nitrogens is 2. The third-order valence-electron chi connectivity index (χ3n) is 7.06. The maximum atomic E-state index is 11.2. The Morgan fingerprint density at radius 2 is 1.94 bits per heavy atom. The molecule has 4 aromatic rings. The first kappa shape index (κ1) is 21.6. The Hall–Kier alpha value is -3.25. The Bertz CT molecular complexity index is 1260. The first-order valence-corrected chi connectivity index (χ1v) is 11.8. The van der Waals surface area contributed by atoms with E-state index < -0.39 is 5.97 Å². The van der Waals surface area contributed by atoms with E-state index in [1.807, 2.05) is 12.1 Å². The molecule has 1 aliphatic heterocycles. The number of carboxylic acid groups (broad SMARTS) is 1. The molecule has 0 spiro atoms. The first-order chi connectivity index (χ1) is 16.1. The van der Waals surface area contributed by atoms with E-state index in [2.05, 4.69) is 39.3 Å². The van der Waals surface area contributed by atoms with Crippen molar-refractivity contribution in [2.75, 3.05) is 26.7 Å². The third-order valence-corrected chi connectivity index (χ3v) is 7.06. The highest BCUT2D eigenvalue weighted by molar-refractivity contribution is 5.93. The minimum absolute atomic E-state index is 0.343. The highest BCUT2D eigenvalue weighted by atomic mass is 16.5. The minimum atomic E-state index is -0.877. The maximum absolute atomic E-state index is 11.2. The number of aromatic carboxylic acids is 1. The summed E-state index contributed by atoms with van der Waals surface area (Å²) in [4.78, 5) is 20.7. The van der Waals surface area contributed by atoms with Gasteiger partial charge in [-0.05, 0) is 93.7 Å². The molecule has 0 radical (unpaired) electrons. The van der Waals surface area contributed by atoms with Crippen LogP contribution in [0.2, 0.25) is 0 Å². The number of nitrogens with zero attached hydrogens (tertiary/aromatic N) is 1. The second-order valence-corrected chi connectivity index (χ2v) is 9.13. The van der Waals surface area contributed by atoms with Crippen LogP contribution in [0.3, 0.4) is 0 Å². The predicted molar refractivity (Wildman–Crippen MR) is 131 cm³/mol. The van der Waals surface area contributed by atoms with Gasteiger partial charge < -0.3 is 24.7 Å². The number of nitrogens with one attached hydrogen (secondary N) is 2. The fraction of sp³-hybridized carbons (Fsp3) is 0.370. The maximum Gasteiger partial charge on any atom is 0.335 e. The van der Waals surface area contributed by atoms with Crippen LogP contribution >= 0.6 is 0 Å². The second-order valence-electron chi connectivity index (χ2n) is 9.13. The van der Waals surface area contributed by atoms with E-state index in [1.54, 1.807) is 19.2 Å². The molecule has 3 heterocycles. The lowest BCUT2D eigenvalue weighted by atomic mass is 9.93. The summed E-state index contributed by atoms with van der Waals surface area (Å²) in [6.07, 6.45) is 7.90. The summed E-state index contributed by atoms with van der Waals surface area (Å²) >= 11 is 0. The number of carbonyl (C=O) groups is 1. The van der Waals surface area contributed by atoms with Crippen molar-refractivity contribution in [1.82, 2.24) is 14.9 Å². The Morgan fingerprint density at radius 3 is 2.73 bits per heavy atom. The number of carboxylic acids is 1. The lowest BCUT2D eigenvalue weighted by Gasteiger charge is -2.31. The highest BCUT2D eigenvalue weighted by Crippen LogP contribution is 2.30. The largest absolute Gasteiger partial charge is 0.497 e. The van der Waals surface area contributed by atoms with Gasteiger partial charge in [-0.1, -0.05) is 0 Å². The van der Waals surface area contributed by atoms with Gasteiger partial charge in [0.15, 0.2) is 0 Å². The minimum Gasteiger partial charge on any atom is -0.497 e. The second kappa shape index (κ2) is 9.32. The number of aromatic nitrogens is 2. The van der Waals surface area contributed by atoms with Gasteiger partial charge in [-0.2, -0.15) is 0 Å². The number of methoxy groups -OCH3 is 1. The van der Waals surface area contributed by atoms with Gasteiger partial charge in [-0.3, -0.25) is 0 Å². The molecule has 2 aromatic heterocycles. The van der Waals surface area contributed by atoms with Gasteiger partial charge in [0.2, 0.25) is 0 Å². The Balaban J connectivity index is 1.10. The van der Waals surface area contributed by atoms with Gasteiger partial charge in [0, 0.05) is 45.7 Å². The van der Waals surface area contributed by atoms with Crippen LogP contribution in [-0.4, -0.2) is 52.7 Å². The van der Waals surface area contributed by atoms with Gasteiger partial charge >= 0.3 is 5.97 Å². The van der Waals surface area contributed by atoms with E-state index in [0.29, 0.717) is 11.5 Å². The van der Waals surface area contributed by atoms with E-state index in [0.717, 1.165) is 61.1 Å². The fourth-order valence-corrected chi connectivity index (χ4v) is 5.13. The molecule has 6 heteroatoms. The number of hydrogen-bond acceptors (Lipinski definition) is 3. The number of hydrogen-bond donors (Lipinski definition) is 3. The molecule has 2 aromatic carbocycles.